The van der Waals surface area contributed by atoms with Crippen molar-refractivity contribution < 1.29 is 24.5 Å². The second-order valence-corrected chi connectivity index (χ2v) is 11.4. The Balaban J connectivity index is 1.54. The van der Waals surface area contributed by atoms with Gasteiger partial charge in [-0.3, -0.25) is 9.69 Å². The number of aliphatic hydroxyl groups is 2. The number of hydrogen-bond acceptors (Lipinski definition) is 6. The highest BCUT2D eigenvalue weighted by atomic mass is 35.6. The van der Waals surface area contributed by atoms with Crippen LogP contribution in [0.5, 0.6) is 0 Å². The first kappa shape index (κ1) is 26.6. The van der Waals surface area contributed by atoms with Gasteiger partial charge in [-0.1, -0.05) is 78.1 Å². The molecule has 2 fully saturated rings. The molecule has 2 aliphatic heterocycles. The van der Waals surface area contributed by atoms with Crippen LogP contribution >= 0.6 is 34.8 Å². The molecule has 0 bridgehead atoms. The molecule has 2 aromatic carbocycles. The maximum atomic E-state index is 11.9. The number of β-amino-alcohol motifs (C(OH)–C–C–N with tert-alkyl or cyclic N) is 1. The minimum atomic E-state index is -2.06. The molecule has 1 amide bonds. The summed E-state index contributed by atoms with van der Waals surface area (Å²) in [5, 5.41) is 21.9. The number of aliphatic hydroxyl groups excluding tert-OH is 2. The Bertz CT molecular complexity index is 1000. The average Bonchev–Trinajstić information content (AvgIpc) is 3.25. The van der Waals surface area contributed by atoms with Crippen molar-refractivity contribution >= 4 is 46.4 Å². The highest BCUT2D eigenvalue weighted by Gasteiger charge is 2.40. The lowest BCUT2D eigenvalue weighted by atomic mass is 9.90. The summed E-state index contributed by atoms with van der Waals surface area (Å²) in [6, 6.07) is 14.7. The number of carbonyl (C=O) groups excluding carboxylic acids is 1. The van der Waals surface area contributed by atoms with Crippen LogP contribution in [0.1, 0.15) is 42.4 Å². The Morgan fingerprint density at radius 2 is 1.74 bits per heavy atom. The van der Waals surface area contributed by atoms with Crippen LogP contribution in [0.3, 0.4) is 0 Å². The predicted molar refractivity (Wildman–Crippen MR) is 135 cm³/mol. The number of hydrogen-bond donors (Lipinski definition) is 3. The van der Waals surface area contributed by atoms with Crippen molar-refractivity contribution in [3.05, 3.63) is 65.2 Å². The summed E-state index contributed by atoms with van der Waals surface area (Å²) in [5.41, 5.74) is 3.10. The Kier molecular flexibility index (Phi) is 8.61. The lowest BCUT2D eigenvalue weighted by Crippen LogP contribution is -2.44. The van der Waals surface area contributed by atoms with Crippen LogP contribution in [0.25, 0.3) is 0 Å². The zero-order valence-corrected chi connectivity index (χ0v) is 21.5. The molecule has 35 heavy (non-hydrogen) atoms. The molecule has 2 aliphatic rings. The highest BCUT2D eigenvalue weighted by molar-refractivity contribution is 6.76. The molecule has 10 heteroatoms. The molecule has 190 valence electrons. The van der Waals surface area contributed by atoms with E-state index in [4.69, 9.17) is 44.3 Å². The maximum Gasteiger partial charge on any atom is 0.276 e. The van der Waals surface area contributed by atoms with Crippen molar-refractivity contribution in [2.24, 2.45) is 5.92 Å². The second-order valence-electron chi connectivity index (χ2n) is 9.10. The van der Waals surface area contributed by atoms with Crippen molar-refractivity contribution in [3.63, 3.8) is 0 Å². The van der Waals surface area contributed by atoms with Gasteiger partial charge in [-0.25, -0.2) is 0 Å². The summed E-state index contributed by atoms with van der Waals surface area (Å²) in [5.74, 6) is -0.694. The number of likely N-dealkylation sites (tertiary alicyclic amines) is 1. The molecule has 3 N–H and O–H groups in total. The van der Waals surface area contributed by atoms with Gasteiger partial charge in [0.25, 0.3) is 9.70 Å². The van der Waals surface area contributed by atoms with Gasteiger partial charge in [0.15, 0.2) is 6.29 Å². The summed E-state index contributed by atoms with van der Waals surface area (Å²) >= 11 is 16.9. The minimum absolute atomic E-state index is 0.0197. The third-order valence-corrected chi connectivity index (χ3v) is 7.02. The first-order valence-electron chi connectivity index (χ1n) is 11.5. The Hall–Kier alpha value is -1.42. The number of carbonyl (C=O) groups is 1. The van der Waals surface area contributed by atoms with Crippen LogP contribution in [0.4, 0.5) is 5.69 Å². The van der Waals surface area contributed by atoms with Crippen molar-refractivity contribution in [1.82, 2.24) is 4.90 Å². The van der Waals surface area contributed by atoms with Crippen molar-refractivity contribution in [2.45, 2.75) is 48.3 Å². The predicted octanol–water partition coefficient (Wildman–Crippen LogP) is 4.35. The number of nitrogens with one attached hydrogen (secondary N) is 1. The molecule has 0 saturated carbocycles. The van der Waals surface area contributed by atoms with E-state index in [9.17, 15) is 15.0 Å². The number of halogens is 3. The zero-order chi connectivity index (χ0) is 25.2. The first-order valence-corrected chi connectivity index (χ1v) is 12.7. The van der Waals surface area contributed by atoms with Crippen LogP contribution in [-0.4, -0.2) is 56.7 Å². The first-order chi connectivity index (χ1) is 16.6. The molecule has 0 aromatic heterocycles. The van der Waals surface area contributed by atoms with E-state index < -0.39 is 16.0 Å². The van der Waals surface area contributed by atoms with Gasteiger partial charge in [0, 0.05) is 36.8 Å². The van der Waals surface area contributed by atoms with Crippen molar-refractivity contribution in [3.8, 4) is 0 Å². The highest BCUT2D eigenvalue weighted by Crippen LogP contribution is 2.42. The van der Waals surface area contributed by atoms with Crippen LogP contribution in [0.2, 0.25) is 0 Å². The smallest absolute Gasteiger partial charge is 0.276 e. The van der Waals surface area contributed by atoms with Gasteiger partial charge in [-0.15, -0.1) is 0 Å². The number of alkyl halides is 3. The number of ether oxygens (including phenoxy) is 2. The monoisotopic (exact) mass is 542 g/mol. The van der Waals surface area contributed by atoms with Crippen LogP contribution in [-0.2, 0) is 20.9 Å². The topological polar surface area (TPSA) is 91.3 Å². The van der Waals surface area contributed by atoms with Crippen LogP contribution < -0.4 is 5.32 Å². The Labute approximate surface area is 219 Å². The van der Waals surface area contributed by atoms with Gasteiger partial charge in [0.1, 0.15) is 0 Å². The number of amides is 1. The van der Waals surface area contributed by atoms with Gasteiger partial charge in [0.2, 0.25) is 0 Å². The molecule has 2 heterocycles. The van der Waals surface area contributed by atoms with Gasteiger partial charge >= 0.3 is 0 Å². The van der Waals surface area contributed by atoms with E-state index in [-0.39, 0.29) is 30.8 Å². The quantitative estimate of drug-likeness (QED) is 0.470. The standard InChI is InChI=1S/C25H29Cl3N2O5/c1-15-21(13-30-11-10-20(32)12-30)34-23(35-22(15)17-4-2-16(14-31)3-5-17)18-6-8-19(9-7-18)29-24(33)25(26,27)28/h2-9,15,20-23,31-32H,10-14H2,1H3,(H,29,33)/t15-,20+,21+,22+,23+/m1/s1. The minimum Gasteiger partial charge on any atom is -0.392 e. The van der Waals surface area contributed by atoms with E-state index in [1.165, 1.54) is 0 Å². The molecule has 0 spiro atoms. The number of benzene rings is 2. The Morgan fingerprint density at radius 3 is 2.31 bits per heavy atom. The number of nitrogens with zero attached hydrogens (tertiary/aromatic N) is 1. The molecule has 0 unspecified atom stereocenters. The lowest BCUT2D eigenvalue weighted by molar-refractivity contribution is -0.276. The second kappa shape index (κ2) is 11.3. The Morgan fingerprint density at radius 1 is 1.09 bits per heavy atom. The van der Waals surface area contributed by atoms with Crippen LogP contribution in [0.15, 0.2) is 48.5 Å². The lowest BCUT2D eigenvalue weighted by Gasteiger charge is -2.42. The SMILES string of the molecule is C[C@@H]1[C@H](CN2CC[C@H](O)C2)O[C@H](c2ccc(NC(=O)C(Cl)(Cl)Cl)cc2)O[C@@H]1c1ccc(CO)cc1. The van der Waals surface area contributed by atoms with E-state index in [0.717, 1.165) is 29.7 Å². The van der Waals surface area contributed by atoms with Crippen LogP contribution in [0, 0.1) is 5.92 Å². The zero-order valence-electron chi connectivity index (χ0n) is 19.2. The molecular formula is C25H29Cl3N2O5. The van der Waals surface area contributed by atoms with Crippen molar-refractivity contribution in [1.29, 1.82) is 0 Å². The average molecular weight is 544 g/mol. The van der Waals surface area contributed by atoms with E-state index >= 15 is 0 Å². The summed E-state index contributed by atoms with van der Waals surface area (Å²) in [6.45, 7) is 4.22. The molecule has 0 aliphatic carbocycles. The number of rotatable bonds is 6. The number of anilines is 1. The summed E-state index contributed by atoms with van der Waals surface area (Å²) in [4.78, 5) is 14.2. The fourth-order valence-electron chi connectivity index (χ4n) is 4.49. The normalized spacial score (nSPS) is 27.7. The van der Waals surface area contributed by atoms with Crippen molar-refractivity contribution in [2.75, 3.05) is 25.0 Å². The van der Waals surface area contributed by atoms with Gasteiger partial charge < -0.3 is 25.0 Å². The van der Waals surface area contributed by atoms with E-state index in [2.05, 4.69) is 17.1 Å². The van der Waals surface area contributed by atoms with E-state index in [1.54, 1.807) is 24.3 Å². The summed E-state index contributed by atoms with van der Waals surface area (Å²) < 4.78 is 10.8. The fraction of sp³-hybridized carbons (Fsp3) is 0.480. The third-order valence-electron chi connectivity index (χ3n) is 6.51. The van der Waals surface area contributed by atoms with E-state index in [0.29, 0.717) is 18.8 Å². The summed E-state index contributed by atoms with van der Waals surface area (Å²) in [7, 11) is 0. The van der Waals surface area contributed by atoms with Gasteiger partial charge in [-0.2, -0.15) is 0 Å². The molecule has 4 rings (SSSR count). The largest absolute Gasteiger partial charge is 0.392 e. The summed E-state index contributed by atoms with van der Waals surface area (Å²) in [6.07, 6.45) is -0.551. The fourth-order valence-corrected chi connectivity index (χ4v) is 4.63. The molecule has 0 radical (unpaired) electrons. The molecule has 7 nitrogen and oxygen atoms in total. The molecule has 5 atom stereocenters. The maximum absolute atomic E-state index is 11.9. The third kappa shape index (κ3) is 6.67. The van der Waals surface area contributed by atoms with E-state index in [1.807, 2.05) is 24.3 Å². The van der Waals surface area contributed by atoms with Gasteiger partial charge in [0.05, 0.1) is 24.9 Å². The molecular weight excluding hydrogens is 515 g/mol. The molecule has 2 aromatic rings. The molecule has 2 saturated heterocycles. The van der Waals surface area contributed by atoms with Gasteiger partial charge in [-0.05, 0) is 29.7 Å².